The summed E-state index contributed by atoms with van der Waals surface area (Å²) in [5.41, 5.74) is 1.68. The molecule has 6 heteroatoms. The SMILES string of the molecule is O=C(O)c1ccc(CS(=O)(=O)NC(c2ccccc2)C2CC2)cc1. The van der Waals surface area contributed by atoms with Crippen molar-refractivity contribution >= 4 is 16.0 Å². The van der Waals surface area contributed by atoms with Crippen molar-refractivity contribution in [2.75, 3.05) is 0 Å². The molecule has 2 aromatic rings. The molecule has 1 unspecified atom stereocenters. The summed E-state index contributed by atoms with van der Waals surface area (Å²) < 4.78 is 27.8. The van der Waals surface area contributed by atoms with Crippen molar-refractivity contribution < 1.29 is 18.3 Å². The fourth-order valence-electron chi connectivity index (χ4n) is 2.72. The fourth-order valence-corrected chi connectivity index (χ4v) is 4.15. The number of carboxylic acids is 1. The third kappa shape index (κ3) is 4.21. The summed E-state index contributed by atoms with van der Waals surface area (Å²) in [5.74, 6) is -0.847. The minimum Gasteiger partial charge on any atom is -0.478 e. The van der Waals surface area contributed by atoms with Gasteiger partial charge in [0, 0.05) is 6.04 Å². The third-order valence-electron chi connectivity index (χ3n) is 4.12. The molecule has 3 rings (SSSR count). The van der Waals surface area contributed by atoms with Gasteiger partial charge in [0.05, 0.1) is 11.3 Å². The van der Waals surface area contributed by atoms with Gasteiger partial charge in [0.1, 0.15) is 0 Å². The van der Waals surface area contributed by atoms with Crippen LogP contribution in [-0.4, -0.2) is 19.5 Å². The first-order valence-corrected chi connectivity index (χ1v) is 9.47. The molecule has 1 fully saturated rings. The van der Waals surface area contributed by atoms with Crippen LogP contribution in [0.1, 0.15) is 40.4 Å². The van der Waals surface area contributed by atoms with Crippen LogP contribution in [-0.2, 0) is 15.8 Å². The molecule has 0 saturated heterocycles. The van der Waals surface area contributed by atoms with Gasteiger partial charge in [-0.1, -0.05) is 42.5 Å². The van der Waals surface area contributed by atoms with E-state index in [9.17, 15) is 13.2 Å². The van der Waals surface area contributed by atoms with E-state index in [0.29, 0.717) is 11.5 Å². The average molecular weight is 345 g/mol. The molecule has 0 amide bonds. The maximum atomic E-state index is 12.5. The monoisotopic (exact) mass is 345 g/mol. The van der Waals surface area contributed by atoms with E-state index in [1.807, 2.05) is 30.3 Å². The summed E-state index contributed by atoms with van der Waals surface area (Å²) in [7, 11) is -3.52. The Kier molecular flexibility index (Phi) is 4.69. The number of nitrogens with one attached hydrogen (secondary N) is 1. The highest BCUT2D eigenvalue weighted by molar-refractivity contribution is 7.88. The van der Waals surface area contributed by atoms with E-state index < -0.39 is 16.0 Å². The predicted molar refractivity (Wildman–Crippen MR) is 91.1 cm³/mol. The summed E-state index contributed by atoms with van der Waals surface area (Å²) in [6.07, 6.45) is 2.05. The fraction of sp³-hybridized carbons (Fsp3) is 0.278. The molecular formula is C18H19NO4S. The molecule has 0 bridgehead atoms. The van der Waals surface area contributed by atoms with Gasteiger partial charge in [-0.2, -0.15) is 0 Å². The molecule has 0 heterocycles. The van der Waals surface area contributed by atoms with Crippen molar-refractivity contribution in [3.05, 3.63) is 71.3 Å². The Morgan fingerprint density at radius 1 is 1.08 bits per heavy atom. The van der Waals surface area contributed by atoms with Gasteiger partial charge in [0.15, 0.2) is 0 Å². The zero-order chi connectivity index (χ0) is 17.2. The Bertz CT molecular complexity index is 812. The summed E-state index contributed by atoms with van der Waals surface area (Å²) in [6.45, 7) is 0. The van der Waals surface area contributed by atoms with E-state index in [0.717, 1.165) is 18.4 Å². The number of rotatable bonds is 7. The van der Waals surface area contributed by atoms with E-state index in [1.165, 1.54) is 24.3 Å². The maximum Gasteiger partial charge on any atom is 0.335 e. The number of sulfonamides is 1. The standard InChI is InChI=1S/C18H19NO4S/c20-18(21)16-8-6-13(7-9-16)12-24(22,23)19-17(15-10-11-15)14-4-2-1-3-5-14/h1-9,15,17,19H,10-12H2,(H,20,21). The molecule has 126 valence electrons. The molecule has 1 atom stereocenters. The zero-order valence-electron chi connectivity index (χ0n) is 13.1. The van der Waals surface area contributed by atoms with E-state index in [-0.39, 0.29) is 17.4 Å². The largest absolute Gasteiger partial charge is 0.478 e. The lowest BCUT2D eigenvalue weighted by Crippen LogP contribution is -2.31. The summed E-state index contributed by atoms with van der Waals surface area (Å²) in [4.78, 5) is 10.9. The molecule has 24 heavy (non-hydrogen) atoms. The van der Waals surface area contributed by atoms with Crippen LogP contribution < -0.4 is 4.72 Å². The van der Waals surface area contributed by atoms with Gasteiger partial charge < -0.3 is 5.11 Å². The van der Waals surface area contributed by atoms with Gasteiger partial charge in [0.2, 0.25) is 10.0 Å². The van der Waals surface area contributed by atoms with E-state index in [4.69, 9.17) is 5.11 Å². The summed E-state index contributed by atoms with van der Waals surface area (Å²) in [6, 6.07) is 15.3. The van der Waals surface area contributed by atoms with E-state index in [2.05, 4.69) is 4.72 Å². The van der Waals surface area contributed by atoms with Gasteiger partial charge in [-0.3, -0.25) is 0 Å². The van der Waals surface area contributed by atoms with Crippen LogP contribution in [0.3, 0.4) is 0 Å². The average Bonchev–Trinajstić information content (AvgIpc) is 3.38. The van der Waals surface area contributed by atoms with Crippen molar-refractivity contribution in [3.63, 3.8) is 0 Å². The normalized spacial score (nSPS) is 15.8. The lowest BCUT2D eigenvalue weighted by Gasteiger charge is -2.19. The van der Waals surface area contributed by atoms with E-state index >= 15 is 0 Å². The van der Waals surface area contributed by atoms with Crippen LogP contribution in [0, 0.1) is 5.92 Å². The van der Waals surface area contributed by atoms with Gasteiger partial charge in [-0.15, -0.1) is 0 Å². The maximum absolute atomic E-state index is 12.5. The Labute approximate surface area is 141 Å². The van der Waals surface area contributed by atoms with Crippen LogP contribution in [0.25, 0.3) is 0 Å². The Morgan fingerprint density at radius 3 is 2.25 bits per heavy atom. The molecule has 5 nitrogen and oxygen atoms in total. The molecule has 1 aliphatic rings. The second-order valence-corrected chi connectivity index (χ2v) is 7.86. The van der Waals surface area contributed by atoms with E-state index in [1.54, 1.807) is 0 Å². The zero-order valence-corrected chi connectivity index (χ0v) is 13.9. The van der Waals surface area contributed by atoms with Gasteiger partial charge in [-0.25, -0.2) is 17.9 Å². The Morgan fingerprint density at radius 2 is 1.71 bits per heavy atom. The van der Waals surface area contributed by atoms with Gasteiger partial charge in [-0.05, 0) is 42.0 Å². The number of hydrogen-bond donors (Lipinski definition) is 2. The molecule has 0 aliphatic heterocycles. The molecule has 2 N–H and O–H groups in total. The Balaban J connectivity index is 1.73. The third-order valence-corrected chi connectivity index (χ3v) is 5.44. The molecular weight excluding hydrogens is 326 g/mol. The highest BCUT2D eigenvalue weighted by Gasteiger charge is 2.34. The molecule has 0 aromatic heterocycles. The molecule has 0 spiro atoms. The second kappa shape index (κ2) is 6.75. The molecule has 1 saturated carbocycles. The Hall–Kier alpha value is -2.18. The van der Waals surface area contributed by atoms with Crippen LogP contribution >= 0.6 is 0 Å². The summed E-state index contributed by atoms with van der Waals surface area (Å²) >= 11 is 0. The van der Waals surface area contributed by atoms with Gasteiger partial charge >= 0.3 is 5.97 Å². The van der Waals surface area contributed by atoms with Crippen molar-refractivity contribution in [1.29, 1.82) is 0 Å². The number of carbonyl (C=O) groups is 1. The number of benzene rings is 2. The first-order chi connectivity index (χ1) is 11.4. The topological polar surface area (TPSA) is 83.5 Å². The predicted octanol–water partition coefficient (Wildman–Crippen LogP) is 2.96. The lowest BCUT2D eigenvalue weighted by atomic mass is 10.0. The van der Waals surface area contributed by atoms with Crippen molar-refractivity contribution in [1.82, 2.24) is 4.72 Å². The van der Waals surface area contributed by atoms with Crippen molar-refractivity contribution in [2.45, 2.75) is 24.6 Å². The number of aromatic carboxylic acids is 1. The molecule has 2 aromatic carbocycles. The minimum absolute atomic E-state index is 0.143. The van der Waals surface area contributed by atoms with Crippen LogP contribution in [0.2, 0.25) is 0 Å². The highest BCUT2D eigenvalue weighted by atomic mass is 32.2. The van der Waals surface area contributed by atoms with Crippen LogP contribution in [0.5, 0.6) is 0 Å². The second-order valence-electron chi connectivity index (χ2n) is 6.10. The molecule has 0 radical (unpaired) electrons. The van der Waals surface area contributed by atoms with Crippen LogP contribution in [0.4, 0.5) is 0 Å². The quantitative estimate of drug-likeness (QED) is 0.808. The van der Waals surface area contributed by atoms with Crippen molar-refractivity contribution in [3.8, 4) is 0 Å². The first-order valence-electron chi connectivity index (χ1n) is 7.82. The molecule has 1 aliphatic carbocycles. The van der Waals surface area contributed by atoms with Crippen molar-refractivity contribution in [2.24, 2.45) is 5.92 Å². The lowest BCUT2D eigenvalue weighted by molar-refractivity contribution is 0.0697. The minimum atomic E-state index is -3.52. The summed E-state index contributed by atoms with van der Waals surface area (Å²) in [5, 5.41) is 8.89. The number of carboxylic acid groups (broad SMARTS) is 1. The number of hydrogen-bond acceptors (Lipinski definition) is 3. The highest BCUT2D eigenvalue weighted by Crippen LogP contribution is 2.41. The van der Waals surface area contributed by atoms with Crippen LogP contribution in [0.15, 0.2) is 54.6 Å². The smallest absolute Gasteiger partial charge is 0.335 e. The first kappa shape index (κ1) is 16.7. The van der Waals surface area contributed by atoms with Gasteiger partial charge in [0.25, 0.3) is 0 Å².